The Hall–Kier alpha value is -2.57. The maximum atomic E-state index is 12.3. The van der Waals surface area contributed by atoms with Gasteiger partial charge in [-0.05, 0) is 18.9 Å². The first-order valence-electron chi connectivity index (χ1n) is 7.10. The Labute approximate surface area is 127 Å². The number of nitrogens with zero attached hydrogens (tertiary/aromatic N) is 3. The molecule has 0 saturated carbocycles. The number of furan rings is 1. The quantitative estimate of drug-likeness (QED) is 0.856. The molecular weight excluding hydrogens is 286 g/mol. The van der Waals surface area contributed by atoms with Crippen LogP contribution in [0.4, 0.5) is 0 Å². The minimum Gasteiger partial charge on any atom is -0.480 e. The van der Waals surface area contributed by atoms with Crippen molar-refractivity contribution in [2.24, 2.45) is 0 Å². The minimum atomic E-state index is -0.106. The molecule has 0 spiro atoms. The summed E-state index contributed by atoms with van der Waals surface area (Å²) in [4.78, 5) is 22.3. The van der Waals surface area contributed by atoms with E-state index in [1.165, 1.54) is 25.8 Å². The topological polar surface area (TPSA) is 77.7 Å². The van der Waals surface area contributed by atoms with E-state index in [9.17, 15) is 4.79 Å². The minimum absolute atomic E-state index is 0.0428. The number of amides is 1. The van der Waals surface area contributed by atoms with Crippen LogP contribution in [0.15, 0.2) is 35.4 Å². The van der Waals surface area contributed by atoms with Crippen molar-refractivity contribution in [2.45, 2.75) is 18.9 Å². The fraction of sp³-hybridized carbons (Fsp3) is 0.400. The molecule has 2 aromatic heterocycles. The summed E-state index contributed by atoms with van der Waals surface area (Å²) in [6.45, 7) is 1.23. The number of ether oxygens (including phenoxy) is 2. The van der Waals surface area contributed by atoms with E-state index in [2.05, 4.69) is 9.97 Å². The molecule has 0 bridgehead atoms. The monoisotopic (exact) mass is 303 g/mol. The highest BCUT2D eigenvalue weighted by molar-refractivity contribution is 5.93. The van der Waals surface area contributed by atoms with Gasteiger partial charge in [0.05, 0.1) is 37.9 Å². The number of methoxy groups -OCH3 is 1. The molecule has 3 rings (SSSR count). The Bertz CT molecular complexity index is 629. The second-order valence-corrected chi connectivity index (χ2v) is 5.04. The summed E-state index contributed by atoms with van der Waals surface area (Å²) in [5, 5.41) is 0. The largest absolute Gasteiger partial charge is 0.480 e. The van der Waals surface area contributed by atoms with Crippen LogP contribution in [-0.2, 0) is 0 Å². The van der Waals surface area contributed by atoms with Crippen molar-refractivity contribution in [2.75, 3.05) is 20.2 Å². The van der Waals surface area contributed by atoms with Crippen LogP contribution in [0.2, 0.25) is 0 Å². The SMILES string of the molecule is COc1cncc(O[C@@H]2CCCN(C(=O)c3ccoc3)C2)n1. The summed E-state index contributed by atoms with van der Waals surface area (Å²) >= 11 is 0. The van der Waals surface area contributed by atoms with E-state index in [0.29, 0.717) is 30.4 Å². The van der Waals surface area contributed by atoms with Crippen molar-refractivity contribution in [3.63, 3.8) is 0 Å². The van der Waals surface area contributed by atoms with Crippen LogP contribution >= 0.6 is 0 Å². The van der Waals surface area contributed by atoms with Gasteiger partial charge in [0.25, 0.3) is 5.91 Å². The second kappa shape index (κ2) is 6.46. The number of piperidine rings is 1. The molecule has 7 heteroatoms. The van der Waals surface area contributed by atoms with Crippen LogP contribution in [0, 0.1) is 0 Å². The predicted octanol–water partition coefficient (Wildman–Crippen LogP) is 1.76. The second-order valence-electron chi connectivity index (χ2n) is 5.04. The van der Waals surface area contributed by atoms with Gasteiger partial charge in [-0.25, -0.2) is 0 Å². The number of carbonyl (C=O) groups excluding carboxylic acids is 1. The van der Waals surface area contributed by atoms with E-state index < -0.39 is 0 Å². The Morgan fingerprint density at radius 2 is 2.27 bits per heavy atom. The zero-order chi connectivity index (χ0) is 15.4. The van der Waals surface area contributed by atoms with Crippen LogP contribution < -0.4 is 9.47 Å². The summed E-state index contributed by atoms with van der Waals surface area (Å²) in [5.41, 5.74) is 0.557. The molecule has 116 valence electrons. The zero-order valence-corrected chi connectivity index (χ0v) is 12.3. The number of likely N-dealkylation sites (tertiary alicyclic amines) is 1. The van der Waals surface area contributed by atoms with Crippen LogP contribution in [0.5, 0.6) is 11.8 Å². The zero-order valence-electron chi connectivity index (χ0n) is 12.3. The highest BCUT2D eigenvalue weighted by Gasteiger charge is 2.26. The van der Waals surface area contributed by atoms with E-state index in [4.69, 9.17) is 13.9 Å². The summed E-state index contributed by atoms with van der Waals surface area (Å²) < 4.78 is 15.8. The molecule has 1 atom stereocenters. The summed E-state index contributed by atoms with van der Waals surface area (Å²) in [6.07, 6.45) is 7.66. The van der Waals surface area contributed by atoms with Crippen LogP contribution in [0.3, 0.4) is 0 Å². The third kappa shape index (κ3) is 3.19. The van der Waals surface area contributed by atoms with E-state index in [0.717, 1.165) is 12.8 Å². The Morgan fingerprint density at radius 3 is 3.05 bits per heavy atom. The van der Waals surface area contributed by atoms with Gasteiger partial charge >= 0.3 is 0 Å². The van der Waals surface area contributed by atoms with E-state index in [1.807, 2.05) is 0 Å². The third-order valence-electron chi connectivity index (χ3n) is 3.52. The van der Waals surface area contributed by atoms with Crippen LogP contribution in [0.25, 0.3) is 0 Å². The Morgan fingerprint density at radius 1 is 1.41 bits per heavy atom. The maximum Gasteiger partial charge on any atom is 0.257 e. The lowest BCUT2D eigenvalue weighted by Gasteiger charge is -2.32. The van der Waals surface area contributed by atoms with Crippen molar-refractivity contribution >= 4 is 5.91 Å². The molecule has 1 amide bonds. The van der Waals surface area contributed by atoms with E-state index >= 15 is 0 Å². The number of carbonyl (C=O) groups is 1. The van der Waals surface area contributed by atoms with Gasteiger partial charge in [0.1, 0.15) is 12.4 Å². The van der Waals surface area contributed by atoms with Crippen molar-refractivity contribution in [1.29, 1.82) is 0 Å². The normalized spacial score (nSPS) is 18.0. The highest BCUT2D eigenvalue weighted by atomic mass is 16.5. The smallest absolute Gasteiger partial charge is 0.257 e. The molecule has 22 heavy (non-hydrogen) atoms. The Balaban J connectivity index is 1.64. The van der Waals surface area contributed by atoms with E-state index in [-0.39, 0.29) is 12.0 Å². The van der Waals surface area contributed by atoms with Gasteiger partial charge in [-0.2, -0.15) is 4.98 Å². The molecule has 1 aliphatic rings. The standard InChI is InChI=1S/C15H17N3O4/c1-20-13-7-16-8-14(17-13)22-12-3-2-5-18(9-12)15(19)11-4-6-21-10-11/h4,6-8,10,12H,2-3,5,9H2,1H3/t12-/m1/s1. The molecular formula is C15H17N3O4. The molecule has 0 unspecified atom stereocenters. The number of rotatable bonds is 4. The van der Waals surface area contributed by atoms with Gasteiger partial charge in [0.2, 0.25) is 11.8 Å². The maximum absolute atomic E-state index is 12.3. The van der Waals surface area contributed by atoms with Crippen molar-refractivity contribution in [1.82, 2.24) is 14.9 Å². The average Bonchev–Trinajstić information content (AvgIpc) is 3.09. The van der Waals surface area contributed by atoms with Gasteiger partial charge in [-0.3, -0.25) is 9.78 Å². The average molecular weight is 303 g/mol. The number of hydrogen-bond acceptors (Lipinski definition) is 6. The fourth-order valence-corrected chi connectivity index (χ4v) is 2.44. The van der Waals surface area contributed by atoms with Crippen LogP contribution in [-0.4, -0.2) is 47.1 Å². The van der Waals surface area contributed by atoms with Gasteiger partial charge in [0.15, 0.2) is 0 Å². The molecule has 0 aromatic carbocycles. The fourth-order valence-electron chi connectivity index (χ4n) is 2.44. The molecule has 1 aliphatic heterocycles. The first-order chi connectivity index (χ1) is 10.8. The predicted molar refractivity (Wildman–Crippen MR) is 76.8 cm³/mol. The van der Waals surface area contributed by atoms with Crippen molar-refractivity contribution in [3.8, 4) is 11.8 Å². The lowest BCUT2D eigenvalue weighted by Crippen LogP contribution is -2.44. The molecule has 0 aliphatic carbocycles. The van der Waals surface area contributed by atoms with Crippen LogP contribution in [0.1, 0.15) is 23.2 Å². The molecule has 1 saturated heterocycles. The van der Waals surface area contributed by atoms with Gasteiger partial charge < -0.3 is 18.8 Å². The summed E-state index contributed by atoms with van der Waals surface area (Å²) in [5.74, 6) is 0.764. The molecule has 2 aromatic rings. The van der Waals surface area contributed by atoms with Crippen molar-refractivity contribution in [3.05, 3.63) is 36.5 Å². The molecule has 0 N–H and O–H groups in total. The van der Waals surface area contributed by atoms with Gasteiger partial charge in [-0.15, -0.1) is 0 Å². The Kier molecular flexibility index (Phi) is 4.22. The molecule has 1 fully saturated rings. The van der Waals surface area contributed by atoms with E-state index in [1.54, 1.807) is 17.2 Å². The third-order valence-corrected chi connectivity index (χ3v) is 3.52. The molecule has 0 radical (unpaired) electrons. The van der Waals surface area contributed by atoms with Crippen molar-refractivity contribution < 1.29 is 18.7 Å². The lowest BCUT2D eigenvalue weighted by atomic mass is 10.1. The lowest BCUT2D eigenvalue weighted by molar-refractivity contribution is 0.0524. The molecule has 7 nitrogen and oxygen atoms in total. The summed E-state index contributed by atoms with van der Waals surface area (Å²) in [6, 6.07) is 1.67. The van der Waals surface area contributed by atoms with Gasteiger partial charge in [0, 0.05) is 6.54 Å². The number of hydrogen-bond donors (Lipinski definition) is 0. The molecule has 3 heterocycles. The first-order valence-corrected chi connectivity index (χ1v) is 7.10. The number of aromatic nitrogens is 2. The highest BCUT2D eigenvalue weighted by Crippen LogP contribution is 2.19. The first kappa shape index (κ1) is 14.4. The van der Waals surface area contributed by atoms with Gasteiger partial charge in [-0.1, -0.05) is 0 Å². The summed E-state index contributed by atoms with van der Waals surface area (Å²) in [7, 11) is 1.53.